The van der Waals surface area contributed by atoms with E-state index in [-0.39, 0.29) is 17.6 Å². The van der Waals surface area contributed by atoms with Crippen LogP contribution in [0.3, 0.4) is 0 Å². The highest BCUT2D eigenvalue weighted by Crippen LogP contribution is 2.36. The highest BCUT2D eigenvalue weighted by molar-refractivity contribution is 8.02. The third-order valence-corrected chi connectivity index (χ3v) is 11.5. The van der Waals surface area contributed by atoms with Crippen LogP contribution in [0.4, 0.5) is 5.69 Å². The van der Waals surface area contributed by atoms with Crippen LogP contribution in [0, 0.1) is 23.7 Å². The number of carbonyl (C=O) groups excluding carboxylic acids is 1. The summed E-state index contributed by atoms with van der Waals surface area (Å²) in [5.41, 5.74) is 7.65. The Balaban J connectivity index is 1.31. The minimum atomic E-state index is -2.70. The zero-order chi connectivity index (χ0) is 31.4. The van der Waals surface area contributed by atoms with Crippen molar-refractivity contribution < 1.29 is 13.7 Å². The van der Waals surface area contributed by atoms with Gasteiger partial charge in [-0.05, 0) is 88.1 Å². The van der Waals surface area contributed by atoms with Crippen molar-refractivity contribution in [3.8, 4) is 11.3 Å². The number of ketones is 1. The number of benzene rings is 2. The molecule has 0 aliphatic carbocycles. The van der Waals surface area contributed by atoms with Crippen LogP contribution in [0.25, 0.3) is 16.8 Å². The molecule has 0 amide bonds. The Labute approximate surface area is 263 Å². The molecule has 0 radical (unpaired) electrons. The monoisotopic (exact) mass is 615 g/mol. The summed E-state index contributed by atoms with van der Waals surface area (Å²) < 4.78 is 22.7. The maximum atomic E-state index is 13.6. The number of aromatic nitrogens is 1. The number of hydrogen-bond acceptors (Lipinski definition) is 4. The predicted octanol–water partition coefficient (Wildman–Crippen LogP) is 6.22. The molecule has 7 heteroatoms. The molecule has 5 rings (SSSR count). The first-order valence-electron chi connectivity index (χ1n) is 16.2. The summed E-state index contributed by atoms with van der Waals surface area (Å²) in [4.78, 5) is 20.6. The molecule has 1 fully saturated rings. The van der Waals surface area contributed by atoms with Gasteiger partial charge in [-0.15, -0.1) is 0 Å². The van der Waals surface area contributed by atoms with E-state index in [1.807, 2.05) is 43.3 Å². The fourth-order valence-electron chi connectivity index (χ4n) is 6.88. The van der Waals surface area contributed by atoms with Gasteiger partial charge in [-0.25, -0.2) is 0 Å². The quantitative estimate of drug-likeness (QED) is 0.177. The molecule has 2 N–H and O–H groups in total. The summed E-state index contributed by atoms with van der Waals surface area (Å²) >= 11 is 0. The molecule has 236 valence electrons. The average Bonchev–Trinajstić information content (AvgIpc) is 3.34. The number of ether oxygens (including phenoxy) is 1. The Kier molecular flexibility index (Phi) is 10.1. The van der Waals surface area contributed by atoms with E-state index in [1.54, 1.807) is 11.8 Å². The van der Waals surface area contributed by atoms with Gasteiger partial charge in [0, 0.05) is 60.2 Å². The lowest BCUT2D eigenvalue weighted by molar-refractivity contribution is -0.118. The Morgan fingerprint density at radius 2 is 1.84 bits per heavy atom. The van der Waals surface area contributed by atoms with Crippen LogP contribution in [-0.4, -0.2) is 41.0 Å². The van der Waals surface area contributed by atoms with Gasteiger partial charge in [0.05, 0.1) is 0 Å². The Morgan fingerprint density at radius 3 is 2.52 bits per heavy atom. The van der Waals surface area contributed by atoms with Gasteiger partial charge in [-0.1, -0.05) is 76.2 Å². The van der Waals surface area contributed by atoms with Crippen LogP contribution in [0.1, 0.15) is 64.0 Å². The molecule has 0 saturated carbocycles. The minimum absolute atomic E-state index is 0.0499. The van der Waals surface area contributed by atoms with Gasteiger partial charge in [0.25, 0.3) is 0 Å². The van der Waals surface area contributed by atoms with Crippen LogP contribution in [0.5, 0.6) is 0 Å². The molecule has 6 nitrogen and oxygen atoms in total. The zero-order valence-electron chi connectivity index (χ0n) is 26.9. The largest absolute Gasteiger partial charge is 0.381 e. The number of thiol groups is 1. The third kappa shape index (κ3) is 7.16. The summed E-state index contributed by atoms with van der Waals surface area (Å²) in [5.74, 6) is 2.05. The first-order chi connectivity index (χ1) is 21.1. The van der Waals surface area contributed by atoms with Crippen LogP contribution in [-0.2, 0) is 25.4 Å². The van der Waals surface area contributed by atoms with Gasteiger partial charge in [0.1, 0.15) is 5.49 Å². The maximum absolute atomic E-state index is 13.6. The Hall–Kier alpha value is -3.29. The number of allylic oxidation sites excluding steroid dienone is 1. The first-order valence-corrected chi connectivity index (χ1v) is 18.5. The number of H-pyrrole nitrogens is 1. The third-order valence-electron chi connectivity index (χ3n) is 9.84. The van der Waals surface area contributed by atoms with E-state index < -0.39 is 10.1 Å². The lowest BCUT2D eigenvalue weighted by Gasteiger charge is -2.30. The molecule has 1 aromatic heterocycles. The molecule has 1 saturated heterocycles. The Bertz CT molecular complexity index is 1640. The summed E-state index contributed by atoms with van der Waals surface area (Å²) in [6.45, 7) is 14.8. The number of nitrogens with one attached hydrogen (secondary N) is 2. The number of carbonyl (C=O) groups is 1. The van der Waals surface area contributed by atoms with Crippen LogP contribution < -0.4 is 15.4 Å². The highest BCUT2D eigenvalue weighted by atomic mass is 32.3. The topological polar surface area (TPSA) is 83.5 Å². The number of nitrogens with zero attached hydrogens (tertiary/aromatic N) is 1. The van der Waals surface area contributed by atoms with Crippen LogP contribution in [0.15, 0.2) is 72.2 Å². The molecule has 5 atom stereocenters. The van der Waals surface area contributed by atoms with Crippen molar-refractivity contribution in [2.24, 2.45) is 28.7 Å². The van der Waals surface area contributed by atoms with Gasteiger partial charge in [0.15, 0.2) is 5.78 Å². The number of fused-ring (bicyclic) bond motifs is 1. The standard InChI is InChI=1S/C37H49N3O3S/c1-7-28-22-38-37-33(36(28)32-18-20-43-19-17-24(32)3)21-34(39-37)30-13-15-31(16-14-30)40-44(6,42)23-27-9-11-29(12-10-27)25(4)26(5)35(41)8-2/h8-16,21,24-26,28,32,44H,2,7,17-20,22-23H2,1,3-6H3,(H,38,39)(H,40,42). The van der Waals surface area contributed by atoms with Crippen molar-refractivity contribution in [2.75, 3.05) is 30.7 Å². The van der Waals surface area contributed by atoms with E-state index in [1.165, 1.54) is 11.3 Å². The van der Waals surface area contributed by atoms with Crippen molar-refractivity contribution >= 4 is 27.2 Å². The normalized spacial score (nSPS) is 22.2. The van der Waals surface area contributed by atoms with Gasteiger partial charge < -0.3 is 14.4 Å². The molecule has 5 unspecified atom stereocenters. The van der Waals surface area contributed by atoms with Crippen molar-refractivity contribution in [3.05, 3.63) is 89.1 Å². The van der Waals surface area contributed by atoms with Crippen molar-refractivity contribution in [3.63, 3.8) is 0 Å². The zero-order valence-corrected chi connectivity index (χ0v) is 27.8. The molecule has 0 spiro atoms. The Morgan fingerprint density at radius 1 is 1.14 bits per heavy atom. The van der Waals surface area contributed by atoms with E-state index in [0.29, 0.717) is 23.5 Å². The fraction of sp³-hybridized carbons (Fsp3) is 0.459. The minimum Gasteiger partial charge on any atom is -0.381 e. The number of aromatic amines is 1. The molecule has 2 aliphatic heterocycles. The van der Waals surface area contributed by atoms with Crippen LogP contribution >= 0.6 is 0 Å². The molecule has 3 aromatic rings. The lowest BCUT2D eigenvalue weighted by atomic mass is 9.75. The van der Waals surface area contributed by atoms with E-state index in [0.717, 1.165) is 72.6 Å². The van der Waals surface area contributed by atoms with E-state index >= 15 is 0 Å². The molecular weight excluding hydrogens is 566 g/mol. The second kappa shape index (κ2) is 13.8. The van der Waals surface area contributed by atoms with Crippen LogP contribution in [0.2, 0.25) is 0 Å². The fourth-order valence-corrected chi connectivity index (χ4v) is 8.56. The molecular formula is C37H49N3O3S. The van der Waals surface area contributed by atoms with Gasteiger partial charge >= 0.3 is 0 Å². The first kappa shape index (κ1) is 32.1. The second-order valence-corrected chi connectivity index (χ2v) is 15.7. The molecule has 2 aliphatic rings. The summed E-state index contributed by atoms with van der Waals surface area (Å²) in [7, 11) is -2.70. The molecule has 2 aromatic carbocycles. The smallest absolute Gasteiger partial charge is 0.158 e. The van der Waals surface area contributed by atoms with E-state index in [4.69, 9.17) is 9.73 Å². The van der Waals surface area contributed by atoms with E-state index in [9.17, 15) is 9.00 Å². The predicted molar refractivity (Wildman–Crippen MR) is 184 cm³/mol. The summed E-state index contributed by atoms with van der Waals surface area (Å²) in [5, 5.41) is 1.28. The number of rotatable bonds is 11. The number of anilines is 1. The van der Waals surface area contributed by atoms with Gasteiger partial charge in [-0.2, -0.15) is 0 Å². The SMILES string of the molecule is C=CC(=O)C(C)C(C)c1ccc(C[SH](C)(=O)Nc2ccc(-c3cc4c([nH]3)=NCC(CC)C=4C3CCOCCC3C)cc2)cc1. The van der Waals surface area contributed by atoms with Crippen molar-refractivity contribution in [1.82, 2.24) is 4.98 Å². The van der Waals surface area contributed by atoms with Crippen molar-refractivity contribution in [2.45, 2.75) is 58.6 Å². The van der Waals surface area contributed by atoms with Gasteiger partial charge in [0.2, 0.25) is 0 Å². The highest BCUT2D eigenvalue weighted by Gasteiger charge is 2.30. The molecule has 44 heavy (non-hydrogen) atoms. The lowest BCUT2D eigenvalue weighted by Crippen LogP contribution is -2.37. The summed E-state index contributed by atoms with van der Waals surface area (Å²) in [6.07, 6.45) is 6.47. The van der Waals surface area contributed by atoms with Crippen molar-refractivity contribution in [1.29, 1.82) is 0 Å². The number of hydrogen-bond donors (Lipinski definition) is 3. The average molecular weight is 616 g/mol. The second-order valence-electron chi connectivity index (χ2n) is 13.0. The van der Waals surface area contributed by atoms with E-state index in [2.05, 4.69) is 55.3 Å². The summed E-state index contributed by atoms with van der Waals surface area (Å²) in [6, 6.07) is 18.6. The van der Waals surface area contributed by atoms with Gasteiger partial charge in [-0.3, -0.25) is 14.0 Å². The molecule has 3 heterocycles. The molecule has 0 bridgehead atoms. The maximum Gasteiger partial charge on any atom is 0.158 e.